The third-order valence-corrected chi connectivity index (χ3v) is 7.14. The lowest BCUT2D eigenvalue weighted by molar-refractivity contribution is -0.136. The van der Waals surface area contributed by atoms with E-state index >= 15 is 0 Å². The van der Waals surface area contributed by atoms with Crippen LogP contribution in [0.2, 0.25) is 0 Å². The minimum Gasteiger partial charge on any atom is -0.322 e. The monoisotopic (exact) mass is 396 g/mol. The van der Waals surface area contributed by atoms with E-state index in [2.05, 4.69) is 21.6 Å². The van der Waals surface area contributed by atoms with Gasteiger partial charge in [-0.2, -0.15) is 0 Å². The van der Waals surface area contributed by atoms with Crippen LogP contribution in [0.1, 0.15) is 60.0 Å². The van der Waals surface area contributed by atoms with Crippen LogP contribution in [-0.4, -0.2) is 58.7 Å². The van der Waals surface area contributed by atoms with Gasteiger partial charge in [-0.1, -0.05) is 12.1 Å². The van der Waals surface area contributed by atoms with Crippen molar-refractivity contribution < 1.29 is 14.4 Å². The van der Waals surface area contributed by atoms with Crippen molar-refractivity contribution in [2.24, 2.45) is 0 Å². The fourth-order valence-corrected chi connectivity index (χ4v) is 5.42. The third kappa shape index (κ3) is 3.46. The van der Waals surface area contributed by atoms with Crippen molar-refractivity contribution in [3.63, 3.8) is 0 Å². The molecule has 0 radical (unpaired) electrons. The van der Waals surface area contributed by atoms with Gasteiger partial charge in [-0.05, 0) is 55.8 Å². The molecular formula is C22H28N4O3. The SMILES string of the molecule is O=C1CCC(N2Cc3cc(CN4CCC5(CCCN5)CC4)ccc3C2=O)C(=O)N1. The molecule has 154 valence electrons. The van der Waals surface area contributed by atoms with Gasteiger partial charge >= 0.3 is 0 Å². The highest BCUT2D eigenvalue weighted by Gasteiger charge is 2.39. The average Bonchev–Trinajstić information content (AvgIpc) is 3.29. The molecule has 0 bridgehead atoms. The van der Waals surface area contributed by atoms with Crippen LogP contribution in [0, 0.1) is 0 Å². The van der Waals surface area contributed by atoms with Gasteiger partial charge in [0.25, 0.3) is 5.91 Å². The molecule has 0 aromatic heterocycles. The summed E-state index contributed by atoms with van der Waals surface area (Å²) in [5.41, 5.74) is 3.27. The first-order chi connectivity index (χ1) is 14.0. The van der Waals surface area contributed by atoms with Crippen LogP contribution in [0.15, 0.2) is 18.2 Å². The summed E-state index contributed by atoms with van der Waals surface area (Å²) < 4.78 is 0. The molecule has 0 saturated carbocycles. The van der Waals surface area contributed by atoms with Crippen molar-refractivity contribution in [1.82, 2.24) is 20.4 Å². The highest BCUT2D eigenvalue weighted by molar-refractivity contribution is 6.05. The van der Waals surface area contributed by atoms with E-state index in [1.54, 1.807) is 4.90 Å². The Morgan fingerprint density at radius 3 is 2.66 bits per heavy atom. The standard InChI is InChI=1S/C22H28N4O3/c27-19-5-4-18(20(28)24-19)26-14-16-12-15(2-3-17(16)21(26)29)13-25-10-7-22(8-11-25)6-1-9-23-22/h2-3,12,18,23H,1,4-11,13-14H2,(H,24,27,28). The number of nitrogens with zero attached hydrogens (tertiary/aromatic N) is 2. The maximum absolute atomic E-state index is 12.8. The lowest BCUT2D eigenvalue weighted by Crippen LogP contribution is -2.52. The zero-order chi connectivity index (χ0) is 20.0. The molecule has 4 aliphatic rings. The normalized spacial score (nSPS) is 26.8. The molecule has 7 nitrogen and oxygen atoms in total. The Morgan fingerprint density at radius 1 is 1.10 bits per heavy atom. The zero-order valence-electron chi connectivity index (χ0n) is 16.7. The van der Waals surface area contributed by atoms with E-state index in [9.17, 15) is 14.4 Å². The number of amides is 3. The van der Waals surface area contributed by atoms with E-state index in [-0.39, 0.29) is 24.1 Å². The maximum Gasteiger partial charge on any atom is 0.255 e. The molecule has 1 unspecified atom stereocenters. The Hall–Kier alpha value is -2.25. The van der Waals surface area contributed by atoms with Crippen molar-refractivity contribution in [3.05, 3.63) is 34.9 Å². The molecule has 0 aliphatic carbocycles. The molecule has 7 heteroatoms. The molecule has 3 saturated heterocycles. The van der Waals surface area contributed by atoms with Gasteiger partial charge in [0.05, 0.1) is 0 Å². The highest BCUT2D eigenvalue weighted by Crippen LogP contribution is 2.32. The number of hydrogen-bond acceptors (Lipinski definition) is 5. The average molecular weight is 396 g/mol. The van der Waals surface area contributed by atoms with Crippen molar-refractivity contribution in [1.29, 1.82) is 0 Å². The molecule has 1 aromatic carbocycles. The molecule has 3 amide bonds. The molecule has 1 spiro atoms. The molecular weight excluding hydrogens is 368 g/mol. The summed E-state index contributed by atoms with van der Waals surface area (Å²) in [5.74, 6) is -0.715. The summed E-state index contributed by atoms with van der Waals surface area (Å²) in [7, 11) is 0. The number of fused-ring (bicyclic) bond motifs is 1. The molecule has 1 aromatic rings. The predicted molar refractivity (Wildman–Crippen MR) is 107 cm³/mol. The van der Waals surface area contributed by atoms with Gasteiger partial charge in [0, 0.05) is 43.7 Å². The van der Waals surface area contributed by atoms with Gasteiger partial charge in [0.15, 0.2) is 0 Å². The van der Waals surface area contributed by atoms with Crippen LogP contribution < -0.4 is 10.6 Å². The number of carbonyl (C=O) groups excluding carboxylic acids is 3. The number of nitrogens with one attached hydrogen (secondary N) is 2. The number of piperidine rings is 2. The fraction of sp³-hybridized carbons (Fsp3) is 0.591. The first kappa shape index (κ1) is 18.8. The van der Waals surface area contributed by atoms with Gasteiger partial charge in [0.1, 0.15) is 6.04 Å². The Labute approximate surface area is 170 Å². The molecule has 4 heterocycles. The van der Waals surface area contributed by atoms with Crippen LogP contribution >= 0.6 is 0 Å². The number of rotatable bonds is 3. The number of carbonyl (C=O) groups is 3. The molecule has 4 aliphatic heterocycles. The van der Waals surface area contributed by atoms with Crippen LogP contribution in [0.25, 0.3) is 0 Å². The Balaban J connectivity index is 1.24. The number of benzene rings is 1. The Bertz CT molecular complexity index is 852. The van der Waals surface area contributed by atoms with Crippen LogP contribution in [-0.2, 0) is 22.7 Å². The summed E-state index contributed by atoms with van der Waals surface area (Å²) in [6, 6.07) is 5.52. The first-order valence-electron chi connectivity index (χ1n) is 10.8. The van der Waals surface area contributed by atoms with E-state index in [1.165, 1.54) is 31.2 Å². The number of hydrogen-bond donors (Lipinski definition) is 2. The second-order valence-electron chi connectivity index (χ2n) is 8.98. The third-order valence-electron chi connectivity index (χ3n) is 7.14. The molecule has 1 atom stereocenters. The van der Waals surface area contributed by atoms with Crippen molar-refractivity contribution in [2.45, 2.75) is 63.2 Å². The van der Waals surface area contributed by atoms with E-state index in [0.717, 1.165) is 31.7 Å². The van der Waals surface area contributed by atoms with Crippen molar-refractivity contribution >= 4 is 17.7 Å². The summed E-state index contributed by atoms with van der Waals surface area (Å²) >= 11 is 0. The van der Waals surface area contributed by atoms with E-state index in [4.69, 9.17) is 0 Å². The molecule has 5 rings (SSSR count). The predicted octanol–water partition coefficient (Wildman–Crippen LogP) is 1.17. The second kappa shape index (κ2) is 7.22. The Kier molecular flexibility index (Phi) is 4.67. The topological polar surface area (TPSA) is 81.8 Å². The molecule has 3 fully saturated rings. The second-order valence-corrected chi connectivity index (χ2v) is 8.98. The van der Waals surface area contributed by atoms with Crippen LogP contribution in [0.3, 0.4) is 0 Å². The zero-order valence-corrected chi connectivity index (χ0v) is 16.7. The van der Waals surface area contributed by atoms with Gasteiger partial charge in [-0.25, -0.2) is 0 Å². The van der Waals surface area contributed by atoms with Gasteiger partial charge in [-0.3, -0.25) is 24.6 Å². The van der Waals surface area contributed by atoms with E-state index < -0.39 is 6.04 Å². The number of likely N-dealkylation sites (tertiary alicyclic amines) is 1. The number of imide groups is 1. The quantitative estimate of drug-likeness (QED) is 0.750. The van der Waals surface area contributed by atoms with Crippen LogP contribution in [0.4, 0.5) is 0 Å². The largest absolute Gasteiger partial charge is 0.322 e. The summed E-state index contributed by atoms with van der Waals surface area (Å²) in [5, 5.41) is 6.07. The lowest BCUT2D eigenvalue weighted by Gasteiger charge is -2.39. The van der Waals surface area contributed by atoms with Gasteiger partial charge < -0.3 is 10.2 Å². The van der Waals surface area contributed by atoms with Crippen molar-refractivity contribution in [3.8, 4) is 0 Å². The minimum atomic E-state index is -0.548. The van der Waals surface area contributed by atoms with E-state index in [0.29, 0.717) is 24.1 Å². The summed E-state index contributed by atoms with van der Waals surface area (Å²) in [6.07, 6.45) is 5.70. The molecule has 29 heavy (non-hydrogen) atoms. The summed E-state index contributed by atoms with van der Waals surface area (Å²) in [6.45, 7) is 4.70. The highest BCUT2D eigenvalue weighted by atomic mass is 16.2. The van der Waals surface area contributed by atoms with Crippen LogP contribution in [0.5, 0.6) is 0 Å². The van der Waals surface area contributed by atoms with E-state index in [1.807, 2.05) is 12.1 Å². The van der Waals surface area contributed by atoms with Gasteiger partial charge in [-0.15, -0.1) is 0 Å². The fourth-order valence-electron chi connectivity index (χ4n) is 5.42. The van der Waals surface area contributed by atoms with Gasteiger partial charge in [0.2, 0.25) is 11.8 Å². The first-order valence-corrected chi connectivity index (χ1v) is 10.8. The van der Waals surface area contributed by atoms with Crippen molar-refractivity contribution in [2.75, 3.05) is 19.6 Å². The Morgan fingerprint density at radius 2 is 1.93 bits per heavy atom. The minimum absolute atomic E-state index is 0.103. The smallest absolute Gasteiger partial charge is 0.255 e. The summed E-state index contributed by atoms with van der Waals surface area (Å²) in [4.78, 5) is 40.5. The lowest BCUT2D eigenvalue weighted by atomic mass is 9.86. The maximum atomic E-state index is 12.8. The molecule has 2 N–H and O–H groups in total.